The van der Waals surface area contributed by atoms with Gasteiger partial charge in [0.1, 0.15) is 0 Å². The molecule has 0 aromatic heterocycles. The van der Waals surface area contributed by atoms with Gasteiger partial charge in [0.2, 0.25) is 0 Å². The molecule has 82 valence electrons. The summed E-state index contributed by atoms with van der Waals surface area (Å²) in [6.07, 6.45) is 0. The van der Waals surface area contributed by atoms with Crippen molar-refractivity contribution in [1.29, 1.82) is 0 Å². The van der Waals surface area contributed by atoms with Crippen LogP contribution in [0.4, 0.5) is 0 Å². The Morgan fingerprint density at radius 2 is 0.727 bits per heavy atom. The van der Waals surface area contributed by atoms with E-state index in [1.807, 2.05) is 0 Å². The molecule has 0 radical (unpaired) electrons. The molecule has 0 amide bonds. The van der Waals surface area contributed by atoms with Gasteiger partial charge in [0, 0.05) is 0 Å². The Balaban J connectivity index is -0.00000000214. The number of hydrogen-bond donors (Lipinski definition) is 0. The van der Waals surface area contributed by atoms with Crippen LogP contribution in [0, 0.1) is 0 Å². The molecule has 0 aliphatic heterocycles. The summed E-state index contributed by atoms with van der Waals surface area (Å²) >= 11 is -3.11. The van der Waals surface area contributed by atoms with Gasteiger partial charge in [0.05, 0.1) is 0 Å². The predicted molar refractivity (Wildman–Crippen MR) is 38.9 cm³/mol. The molecule has 0 aromatic carbocycles. The van der Waals surface area contributed by atoms with Crippen molar-refractivity contribution in [3.8, 4) is 0 Å². The maximum atomic E-state index is 8.44. The molecule has 0 saturated heterocycles. The fourth-order valence-electron chi connectivity index (χ4n) is 0. The Kier molecular flexibility index (Phi) is 807. The zero-order valence-electron chi connectivity index (χ0n) is 5.41. The molecule has 0 aliphatic rings. The normalized spacial score (nSPS) is 3.18. The Morgan fingerprint density at radius 1 is 0.727 bits per heavy atom. The Labute approximate surface area is 74.7 Å². The van der Waals surface area contributed by atoms with E-state index in [2.05, 4.69) is 0 Å². The average Bonchev–Trinajstić information content (AvgIpc) is 0.811. The van der Waals surface area contributed by atoms with Gasteiger partial charge in [-0.3, -0.25) is 4.21 Å². The van der Waals surface area contributed by atoms with Crippen LogP contribution in [0.15, 0.2) is 0 Å². The second-order valence-corrected chi connectivity index (χ2v) is 0.612. The molecule has 0 saturated carbocycles. The molecule has 18 N–H and O–H groups in total. The molecule has 11 heteroatoms. The maximum Gasteiger partial charge on any atom is 2.00 e. The van der Waals surface area contributed by atoms with E-state index in [-0.39, 0.29) is 49.3 Å². The Hall–Kier alpha value is 0.324. The van der Waals surface area contributed by atoms with E-state index in [0.29, 0.717) is 0 Å². The van der Waals surface area contributed by atoms with E-state index >= 15 is 0 Å². The molecule has 0 aromatic rings. The topological polar surface area (TPSA) is 261 Å². The first kappa shape index (κ1) is 109. The molecule has 9 nitrogen and oxygen atoms in total. The smallest absolute Gasteiger partial charge is 0.784 e. The average molecular weight is 253 g/mol. The van der Waals surface area contributed by atoms with Crippen LogP contribution in [-0.2, 0) is 60.7 Å². The molecular weight excluding hydrogens is 235 g/mol. The van der Waals surface area contributed by atoms with Gasteiger partial charge in [-0.05, 0) is 0 Å². The van der Waals surface area contributed by atoms with Crippen molar-refractivity contribution in [1.82, 2.24) is 0 Å². The minimum absolute atomic E-state index is 0. The summed E-state index contributed by atoms with van der Waals surface area (Å²) in [5.74, 6) is 0. The Morgan fingerprint density at radius 3 is 0.727 bits per heavy atom. The number of hydrogen-bond acceptors (Lipinski definition) is 3. The maximum absolute atomic E-state index is 8.44. The van der Waals surface area contributed by atoms with Gasteiger partial charge in [0.15, 0.2) is 0 Å². The third-order valence-corrected chi connectivity index (χ3v) is 0. The van der Waals surface area contributed by atoms with Gasteiger partial charge >= 0.3 is 16.5 Å². The predicted octanol–water partition coefficient (Wildman–Crippen LogP) is -6.54. The molecule has 11 heavy (non-hydrogen) atoms. The monoisotopic (exact) mass is 252 g/mol. The zero-order valence-corrected chi connectivity index (χ0v) is 7.22. The summed E-state index contributed by atoms with van der Waals surface area (Å²) in [5.41, 5.74) is 0. The van der Waals surface area contributed by atoms with Crippen molar-refractivity contribution in [2.24, 2.45) is 0 Å². The van der Waals surface area contributed by atoms with Crippen molar-refractivity contribution < 1.29 is 62.7 Å². The van der Waals surface area contributed by atoms with E-state index in [4.69, 9.17) is 13.3 Å². The van der Waals surface area contributed by atoms with Crippen molar-refractivity contribution in [3.63, 3.8) is 0 Å². The first-order valence-corrected chi connectivity index (χ1v) is 1.50. The van der Waals surface area contributed by atoms with Crippen molar-refractivity contribution in [2.45, 2.75) is 0 Å². The second kappa shape index (κ2) is 81.2. The fourth-order valence-corrected chi connectivity index (χ4v) is 0. The molecule has 0 aliphatic carbocycles. The summed E-state index contributed by atoms with van der Waals surface area (Å²) in [5, 5.41) is 0. The SMILES string of the molecule is O=S([O-])[O-].[Ni+2].[OH3+].[OH3+].[OH3+].[OH3+].[OH3+].[OH3+]. The van der Waals surface area contributed by atoms with E-state index in [1.165, 1.54) is 0 Å². The second-order valence-electron chi connectivity index (χ2n) is 0.204. The summed E-state index contributed by atoms with van der Waals surface area (Å²) in [4.78, 5) is 0. The van der Waals surface area contributed by atoms with Crippen LogP contribution in [0.3, 0.4) is 0 Å². The van der Waals surface area contributed by atoms with Gasteiger partial charge in [0.25, 0.3) is 0 Å². The number of rotatable bonds is 0. The van der Waals surface area contributed by atoms with Crippen LogP contribution in [0.2, 0.25) is 0 Å². The zero-order chi connectivity index (χ0) is 3.58. The summed E-state index contributed by atoms with van der Waals surface area (Å²) in [7, 11) is 0. The first-order valence-electron chi connectivity index (χ1n) is 0.500. The summed E-state index contributed by atoms with van der Waals surface area (Å²) in [6.45, 7) is 0. The minimum Gasteiger partial charge on any atom is -0.784 e. The third-order valence-electron chi connectivity index (χ3n) is 0. The summed E-state index contributed by atoms with van der Waals surface area (Å²) < 4.78 is 25.3. The van der Waals surface area contributed by atoms with Gasteiger partial charge in [-0.1, -0.05) is 0 Å². The molecule has 0 bridgehead atoms. The van der Waals surface area contributed by atoms with Crippen LogP contribution < -0.4 is 0 Å². The molecule has 0 heterocycles. The molecule has 0 atom stereocenters. The molecule has 0 unspecified atom stereocenters. The van der Waals surface area contributed by atoms with Gasteiger partial charge in [-0.15, -0.1) is 11.4 Å². The van der Waals surface area contributed by atoms with Crippen LogP contribution in [0.1, 0.15) is 0 Å². The van der Waals surface area contributed by atoms with Crippen molar-refractivity contribution >= 4 is 11.4 Å². The molecule has 0 rings (SSSR count). The molecule has 0 fully saturated rings. The molecule has 0 spiro atoms. The minimum atomic E-state index is -3.11. The van der Waals surface area contributed by atoms with Crippen LogP contribution in [0.25, 0.3) is 0 Å². The van der Waals surface area contributed by atoms with Crippen molar-refractivity contribution in [3.05, 3.63) is 0 Å². The quantitative estimate of drug-likeness (QED) is 0.231. The van der Waals surface area contributed by atoms with E-state index in [9.17, 15) is 0 Å². The van der Waals surface area contributed by atoms with Crippen LogP contribution >= 0.6 is 0 Å². The van der Waals surface area contributed by atoms with E-state index in [1.54, 1.807) is 0 Å². The standard InChI is InChI=1S/Ni.H2O3S.6H2O/c;1-4(2)3;;;;;;/h;(H2,1,2,3);6*1H2/q+2;;;;;;;/p+4. The fraction of sp³-hybridized carbons (Fsp3) is 0. The first-order chi connectivity index (χ1) is 1.73. The van der Waals surface area contributed by atoms with Gasteiger partial charge in [-0.2, -0.15) is 0 Å². The van der Waals surface area contributed by atoms with Gasteiger partial charge in [-0.25, -0.2) is 0 Å². The van der Waals surface area contributed by atoms with Crippen LogP contribution in [-0.4, -0.2) is 13.3 Å². The third kappa shape index (κ3) is 6830. The largest absolute Gasteiger partial charge is 2.00 e. The van der Waals surface area contributed by atoms with E-state index < -0.39 is 11.4 Å². The van der Waals surface area contributed by atoms with E-state index in [0.717, 1.165) is 0 Å². The Bertz CT molecular complexity index is 32.5. The van der Waals surface area contributed by atoms with Crippen LogP contribution in [0.5, 0.6) is 0 Å². The molecular formula is H18NiO9S+6. The van der Waals surface area contributed by atoms with Gasteiger partial charge < -0.3 is 42.0 Å². The van der Waals surface area contributed by atoms with Crippen molar-refractivity contribution in [2.75, 3.05) is 0 Å². The summed E-state index contributed by atoms with van der Waals surface area (Å²) in [6, 6.07) is 0.